The van der Waals surface area contributed by atoms with E-state index in [0.29, 0.717) is 5.69 Å². The van der Waals surface area contributed by atoms with Crippen molar-refractivity contribution in [1.29, 1.82) is 0 Å². The van der Waals surface area contributed by atoms with Crippen LogP contribution in [0.25, 0.3) is 0 Å². The average molecular weight is 252 g/mol. The summed E-state index contributed by atoms with van der Waals surface area (Å²) >= 11 is 0. The largest absolute Gasteiger partial charge is 0.481 e. The fourth-order valence-corrected chi connectivity index (χ4v) is 1.47. The molecule has 0 radical (unpaired) electrons. The maximum Gasteiger partial charge on any atom is 0.311 e. The molecule has 0 spiro atoms. The molecule has 0 bridgehead atoms. The molecule has 2 N–H and O–H groups in total. The highest BCUT2D eigenvalue weighted by Crippen LogP contribution is 2.30. The summed E-state index contributed by atoms with van der Waals surface area (Å²) in [6.45, 7) is 6.62. The Labute approximate surface area is 107 Å². The number of amides is 1. The van der Waals surface area contributed by atoms with E-state index in [4.69, 9.17) is 0 Å². The zero-order chi connectivity index (χ0) is 14.1. The van der Waals surface area contributed by atoms with Gasteiger partial charge in [0, 0.05) is 13.2 Å². The van der Waals surface area contributed by atoms with Crippen LogP contribution >= 0.6 is 0 Å². The molecule has 18 heavy (non-hydrogen) atoms. The first-order valence-corrected chi connectivity index (χ1v) is 5.77. The van der Waals surface area contributed by atoms with Crippen molar-refractivity contribution in [3.63, 3.8) is 0 Å². The second-order valence-corrected chi connectivity index (χ2v) is 5.51. The van der Waals surface area contributed by atoms with Gasteiger partial charge >= 0.3 is 5.97 Å². The Morgan fingerprint density at radius 2 is 1.83 bits per heavy atom. The number of carboxylic acid groups (broad SMARTS) is 1. The second-order valence-electron chi connectivity index (χ2n) is 5.51. The van der Waals surface area contributed by atoms with Gasteiger partial charge < -0.3 is 15.0 Å². The lowest BCUT2D eigenvalue weighted by molar-refractivity contribution is -0.150. The molecule has 0 aliphatic rings. The molecule has 0 unspecified atom stereocenters. The fourth-order valence-electron chi connectivity index (χ4n) is 1.47. The first-order valence-electron chi connectivity index (χ1n) is 5.77. The molecule has 1 aromatic heterocycles. The number of carbonyl (C=O) groups excluding carboxylic acids is 1. The van der Waals surface area contributed by atoms with Crippen LogP contribution in [0.15, 0.2) is 18.3 Å². The molecule has 0 aliphatic heterocycles. The molecule has 1 amide bonds. The van der Waals surface area contributed by atoms with Crippen LogP contribution in [-0.4, -0.2) is 27.1 Å². The average Bonchev–Trinajstić information content (AvgIpc) is 2.63. The summed E-state index contributed by atoms with van der Waals surface area (Å²) in [5, 5.41) is 12.0. The van der Waals surface area contributed by atoms with Gasteiger partial charge in [-0.2, -0.15) is 0 Å². The Morgan fingerprint density at radius 3 is 2.22 bits per heavy atom. The Kier molecular flexibility index (Phi) is 3.55. The molecular formula is C13H20N2O3. The van der Waals surface area contributed by atoms with Gasteiger partial charge in [0.05, 0.1) is 11.0 Å². The summed E-state index contributed by atoms with van der Waals surface area (Å²) in [5.41, 5.74) is -1.42. The quantitative estimate of drug-likeness (QED) is 0.855. The lowest BCUT2D eigenvalue weighted by atomic mass is 9.74. The summed E-state index contributed by atoms with van der Waals surface area (Å²) in [4.78, 5) is 23.3. The number of carboxylic acids is 1. The highest BCUT2D eigenvalue weighted by Gasteiger charge is 2.44. The zero-order valence-electron chi connectivity index (χ0n) is 11.4. The minimum Gasteiger partial charge on any atom is -0.481 e. The third-order valence-electron chi connectivity index (χ3n) is 3.70. The molecule has 100 valence electrons. The number of aryl methyl sites for hydroxylation is 1. The monoisotopic (exact) mass is 252 g/mol. The standard InChI is InChI=1S/C13H20N2O3/c1-12(2,11(17)18)13(3,4)14-10(16)9-7-6-8-15(9)5/h6-8H,1-5H3,(H,14,16)(H,17,18). The van der Waals surface area contributed by atoms with Gasteiger partial charge in [-0.1, -0.05) is 0 Å². The van der Waals surface area contributed by atoms with Crippen LogP contribution in [0.4, 0.5) is 0 Å². The van der Waals surface area contributed by atoms with Crippen molar-refractivity contribution in [2.24, 2.45) is 12.5 Å². The summed E-state index contributed by atoms with van der Waals surface area (Å²) in [6.07, 6.45) is 1.77. The number of rotatable bonds is 4. The maximum absolute atomic E-state index is 12.1. The second kappa shape index (κ2) is 4.48. The van der Waals surface area contributed by atoms with Gasteiger partial charge in [0.2, 0.25) is 0 Å². The van der Waals surface area contributed by atoms with Gasteiger partial charge in [0.15, 0.2) is 0 Å². The first kappa shape index (κ1) is 14.3. The molecule has 0 aliphatic carbocycles. The lowest BCUT2D eigenvalue weighted by Gasteiger charge is -2.38. The third-order valence-corrected chi connectivity index (χ3v) is 3.70. The minimum absolute atomic E-state index is 0.276. The molecule has 0 saturated carbocycles. The molecular weight excluding hydrogens is 232 g/mol. The van der Waals surface area contributed by atoms with Crippen LogP contribution in [0.3, 0.4) is 0 Å². The maximum atomic E-state index is 12.1. The Bertz CT molecular complexity index is 472. The van der Waals surface area contributed by atoms with Gasteiger partial charge in [-0.25, -0.2) is 0 Å². The smallest absolute Gasteiger partial charge is 0.311 e. The summed E-state index contributed by atoms with van der Waals surface area (Å²) in [6, 6.07) is 3.46. The van der Waals surface area contributed by atoms with Gasteiger partial charge in [-0.05, 0) is 39.8 Å². The predicted molar refractivity (Wildman–Crippen MR) is 68.4 cm³/mol. The van der Waals surface area contributed by atoms with Gasteiger partial charge in [-0.15, -0.1) is 0 Å². The van der Waals surface area contributed by atoms with Crippen LogP contribution < -0.4 is 5.32 Å². The lowest BCUT2D eigenvalue weighted by Crippen LogP contribution is -2.57. The van der Waals surface area contributed by atoms with Crippen molar-refractivity contribution in [1.82, 2.24) is 9.88 Å². The molecule has 5 heteroatoms. The number of nitrogens with zero attached hydrogens (tertiary/aromatic N) is 1. The first-order chi connectivity index (χ1) is 8.09. The van der Waals surface area contributed by atoms with Crippen LogP contribution in [0.5, 0.6) is 0 Å². The number of nitrogens with one attached hydrogen (secondary N) is 1. The van der Waals surface area contributed by atoms with Crippen molar-refractivity contribution in [3.05, 3.63) is 24.0 Å². The number of aliphatic carboxylic acids is 1. The Morgan fingerprint density at radius 1 is 1.28 bits per heavy atom. The van der Waals surface area contributed by atoms with Crippen LogP contribution in [0, 0.1) is 5.41 Å². The summed E-state index contributed by atoms with van der Waals surface area (Å²) in [5.74, 6) is -1.22. The van der Waals surface area contributed by atoms with E-state index in [-0.39, 0.29) is 5.91 Å². The van der Waals surface area contributed by atoms with Crippen LogP contribution in [-0.2, 0) is 11.8 Å². The summed E-state index contributed by atoms with van der Waals surface area (Å²) in [7, 11) is 1.77. The van der Waals surface area contributed by atoms with E-state index < -0.39 is 16.9 Å². The van der Waals surface area contributed by atoms with E-state index in [2.05, 4.69) is 5.32 Å². The Balaban J connectivity index is 2.94. The SMILES string of the molecule is Cn1cccc1C(=O)NC(C)(C)C(C)(C)C(=O)O. The minimum atomic E-state index is -1.06. The Hall–Kier alpha value is -1.78. The molecule has 1 heterocycles. The molecule has 0 fully saturated rings. The number of carbonyl (C=O) groups is 2. The van der Waals surface area contributed by atoms with E-state index in [1.807, 2.05) is 0 Å². The topological polar surface area (TPSA) is 71.3 Å². The molecule has 0 aromatic carbocycles. The molecule has 0 atom stereocenters. The predicted octanol–water partition coefficient (Wildman–Crippen LogP) is 1.64. The van der Waals surface area contributed by atoms with Crippen molar-refractivity contribution in [2.45, 2.75) is 33.2 Å². The van der Waals surface area contributed by atoms with E-state index >= 15 is 0 Å². The third kappa shape index (κ3) is 2.39. The normalized spacial score (nSPS) is 12.3. The molecule has 1 rings (SSSR count). The van der Waals surface area contributed by atoms with E-state index in [1.165, 1.54) is 0 Å². The van der Waals surface area contributed by atoms with Crippen molar-refractivity contribution < 1.29 is 14.7 Å². The van der Waals surface area contributed by atoms with E-state index in [1.54, 1.807) is 57.6 Å². The van der Waals surface area contributed by atoms with Crippen LogP contribution in [0.1, 0.15) is 38.2 Å². The highest BCUT2D eigenvalue weighted by atomic mass is 16.4. The number of hydrogen-bond acceptors (Lipinski definition) is 2. The van der Waals surface area contributed by atoms with Gasteiger partial charge in [0.1, 0.15) is 5.69 Å². The zero-order valence-corrected chi connectivity index (χ0v) is 11.4. The van der Waals surface area contributed by atoms with Gasteiger partial charge in [-0.3, -0.25) is 9.59 Å². The van der Waals surface area contributed by atoms with Crippen molar-refractivity contribution >= 4 is 11.9 Å². The number of aromatic nitrogens is 1. The molecule has 5 nitrogen and oxygen atoms in total. The highest BCUT2D eigenvalue weighted by molar-refractivity contribution is 5.93. The van der Waals surface area contributed by atoms with Crippen LogP contribution in [0.2, 0.25) is 0 Å². The molecule has 1 aromatic rings. The van der Waals surface area contributed by atoms with Crippen molar-refractivity contribution in [2.75, 3.05) is 0 Å². The number of hydrogen-bond donors (Lipinski definition) is 2. The van der Waals surface area contributed by atoms with E-state index in [0.717, 1.165) is 0 Å². The van der Waals surface area contributed by atoms with Gasteiger partial charge in [0.25, 0.3) is 5.91 Å². The fraction of sp³-hybridized carbons (Fsp3) is 0.538. The summed E-state index contributed by atoms with van der Waals surface area (Å²) < 4.78 is 1.69. The van der Waals surface area contributed by atoms with E-state index in [9.17, 15) is 14.7 Å². The van der Waals surface area contributed by atoms with Crippen molar-refractivity contribution in [3.8, 4) is 0 Å². The molecule has 0 saturated heterocycles.